The fraction of sp³-hybridized carbons (Fsp3) is 0.538. The highest BCUT2D eigenvalue weighted by Crippen LogP contribution is 2.23. The molecule has 2 rings (SSSR count). The van der Waals surface area contributed by atoms with Crippen molar-refractivity contribution < 1.29 is 14.3 Å². The molecule has 0 radical (unpaired) electrons. The second-order valence-electron chi connectivity index (χ2n) is 4.53. The number of nitrogens with zero attached hydrogens (tertiary/aromatic N) is 1. The molecule has 1 aromatic heterocycles. The molecule has 5 nitrogen and oxygen atoms in total. The standard InChI is InChI=1S/C13H18N2O3/c1-17-13(16)12-8-11(5-6-15-12)18-10-4-2-3-9(14)7-10/h5-6,8-10H,2-4,7,14H2,1H3. The van der Waals surface area contributed by atoms with Gasteiger partial charge >= 0.3 is 5.97 Å². The van der Waals surface area contributed by atoms with Crippen molar-refractivity contribution in [2.24, 2.45) is 5.73 Å². The maximum atomic E-state index is 11.3. The first-order valence-corrected chi connectivity index (χ1v) is 6.15. The predicted octanol–water partition coefficient (Wildman–Crippen LogP) is 1.52. The minimum Gasteiger partial charge on any atom is -0.490 e. The van der Waals surface area contributed by atoms with Crippen LogP contribution in [-0.4, -0.2) is 30.2 Å². The molecule has 0 amide bonds. The van der Waals surface area contributed by atoms with Crippen molar-refractivity contribution in [1.29, 1.82) is 0 Å². The second-order valence-corrected chi connectivity index (χ2v) is 4.53. The summed E-state index contributed by atoms with van der Waals surface area (Å²) < 4.78 is 10.5. The summed E-state index contributed by atoms with van der Waals surface area (Å²) in [7, 11) is 1.33. The molecule has 2 atom stereocenters. The third-order valence-corrected chi connectivity index (χ3v) is 3.10. The van der Waals surface area contributed by atoms with Crippen LogP contribution in [0.1, 0.15) is 36.2 Å². The number of aromatic nitrogens is 1. The van der Waals surface area contributed by atoms with E-state index in [1.165, 1.54) is 7.11 Å². The zero-order valence-electron chi connectivity index (χ0n) is 10.5. The lowest BCUT2D eigenvalue weighted by molar-refractivity contribution is 0.0592. The van der Waals surface area contributed by atoms with Crippen molar-refractivity contribution in [3.8, 4) is 5.75 Å². The first-order chi connectivity index (χ1) is 8.69. The lowest BCUT2D eigenvalue weighted by Gasteiger charge is -2.27. The summed E-state index contributed by atoms with van der Waals surface area (Å²) in [5.74, 6) is 0.185. The summed E-state index contributed by atoms with van der Waals surface area (Å²) in [6, 6.07) is 3.56. The number of rotatable bonds is 3. The Morgan fingerprint density at radius 1 is 1.50 bits per heavy atom. The van der Waals surface area contributed by atoms with Gasteiger partial charge in [0.25, 0.3) is 0 Å². The Morgan fingerprint density at radius 2 is 2.33 bits per heavy atom. The zero-order chi connectivity index (χ0) is 13.0. The van der Waals surface area contributed by atoms with Gasteiger partial charge in [0.15, 0.2) is 5.69 Å². The van der Waals surface area contributed by atoms with E-state index in [2.05, 4.69) is 9.72 Å². The van der Waals surface area contributed by atoms with E-state index in [9.17, 15) is 4.79 Å². The molecule has 2 unspecified atom stereocenters. The molecular weight excluding hydrogens is 232 g/mol. The molecule has 1 aromatic rings. The van der Waals surface area contributed by atoms with Crippen LogP contribution in [0.3, 0.4) is 0 Å². The first-order valence-electron chi connectivity index (χ1n) is 6.15. The molecule has 18 heavy (non-hydrogen) atoms. The van der Waals surface area contributed by atoms with Crippen LogP contribution in [0.15, 0.2) is 18.3 Å². The molecule has 98 valence electrons. The van der Waals surface area contributed by atoms with Crippen LogP contribution in [-0.2, 0) is 4.74 Å². The maximum Gasteiger partial charge on any atom is 0.356 e. The number of nitrogens with two attached hydrogens (primary N) is 1. The van der Waals surface area contributed by atoms with Crippen molar-refractivity contribution in [1.82, 2.24) is 4.98 Å². The largest absolute Gasteiger partial charge is 0.490 e. The number of carbonyl (C=O) groups is 1. The van der Waals surface area contributed by atoms with E-state index in [4.69, 9.17) is 10.5 Å². The zero-order valence-corrected chi connectivity index (χ0v) is 10.5. The highest BCUT2D eigenvalue weighted by atomic mass is 16.5. The third kappa shape index (κ3) is 3.20. The van der Waals surface area contributed by atoms with E-state index in [1.807, 2.05) is 0 Å². The molecule has 1 aliphatic rings. The average molecular weight is 250 g/mol. The summed E-state index contributed by atoms with van der Waals surface area (Å²) in [5.41, 5.74) is 6.17. The third-order valence-electron chi connectivity index (χ3n) is 3.10. The normalized spacial score (nSPS) is 23.4. The molecule has 1 heterocycles. The number of pyridine rings is 1. The fourth-order valence-electron chi connectivity index (χ4n) is 2.18. The monoisotopic (exact) mass is 250 g/mol. The van der Waals surface area contributed by atoms with E-state index >= 15 is 0 Å². The topological polar surface area (TPSA) is 74.4 Å². The first kappa shape index (κ1) is 12.8. The van der Waals surface area contributed by atoms with E-state index in [1.54, 1.807) is 18.3 Å². The minimum absolute atomic E-state index is 0.127. The molecule has 1 saturated carbocycles. The number of hydrogen-bond donors (Lipinski definition) is 1. The van der Waals surface area contributed by atoms with Crippen LogP contribution < -0.4 is 10.5 Å². The van der Waals surface area contributed by atoms with Crippen LogP contribution >= 0.6 is 0 Å². The van der Waals surface area contributed by atoms with Gasteiger partial charge in [0, 0.05) is 18.3 Å². The van der Waals surface area contributed by atoms with Gasteiger partial charge in [-0.05, 0) is 31.7 Å². The number of carbonyl (C=O) groups excluding carboxylic acids is 1. The van der Waals surface area contributed by atoms with Crippen LogP contribution in [0.2, 0.25) is 0 Å². The van der Waals surface area contributed by atoms with Crippen molar-refractivity contribution in [3.05, 3.63) is 24.0 Å². The highest BCUT2D eigenvalue weighted by Gasteiger charge is 2.21. The molecule has 0 bridgehead atoms. The SMILES string of the molecule is COC(=O)c1cc(OC2CCCC(N)C2)ccn1. The highest BCUT2D eigenvalue weighted by molar-refractivity contribution is 5.87. The van der Waals surface area contributed by atoms with Crippen molar-refractivity contribution >= 4 is 5.97 Å². The van der Waals surface area contributed by atoms with Gasteiger partial charge in [-0.2, -0.15) is 0 Å². The van der Waals surface area contributed by atoms with Crippen LogP contribution in [0.4, 0.5) is 0 Å². The molecule has 1 fully saturated rings. The van der Waals surface area contributed by atoms with Crippen LogP contribution in [0.25, 0.3) is 0 Å². The molecular formula is C13H18N2O3. The maximum absolute atomic E-state index is 11.3. The Labute approximate surface area is 106 Å². The van der Waals surface area contributed by atoms with Crippen molar-refractivity contribution in [2.45, 2.75) is 37.8 Å². The average Bonchev–Trinajstić information content (AvgIpc) is 2.38. The summed E-state index contributed by atoms with van der Waals surface area (Å²) in [6.07, 6.45) is 5.68. The molecule has 5 heteroatoms. The summed E-state index contributed by atoms with van der Waals surface area (Å²) in [6.45, 7) is 0. The Hall–Kier alpha value is -1.62. The molecule has 0 spiro atoms. The van der Waals surface area contributed by atoms with E-state index in [0.29, 0.717) is 5.75 Å². The molecule has 1 aliphatic carbocycles. The lowest BCUT2D eigenvalue weighted by Crippen LogP contribution is -2.33. The molecule has 0 saturated heterocycles. The van der Waals surface area contributed by atoms with Crippen molar-refractivity contribution in [3.63, 3.8) is 0 Å². The summed E-state index contributed by atoms with van der Waals surface area (Å²) >= 11 is 0. The number of ether oxygens (including phenoxy) is 2. The minimum atomic E-state index is -0.458. The van der Waals surface area contributed by atoms with E-state index in [-0.39, 0.29) is 17.8 Å². The van der Waals surface area contributed by atoms with Crippen LogP contribution in [0, 0.1) is 0 Å². The quantitative estimate of drug-likeness (QED) is 0.823. The number of hydrogen-bond acceptors (Lipinski definition) is 5. The van der Waals surface area contributed by atoms with E-state index in [0.717, 1.165) is 25.7 Å². The van der Waals surface area contributed by atoms with Gasteiger partial charge in [-0.1, -0.05) is 0 Å². The van der Waals surface area contributed by atoms with Crippen molar-refractivity contribution in [2.75, 3.05) is 7.11 Å². The summed E-state index contributed by atoms with van der Waals surface area (Å²) in [4.78, 5) is 15.3. The smallest absolute Gasteiger partial charge is 0.356 e. The Balaban J connectivity index is 2.02. The fourth-order valence-corrected chi connectivity index (χ4v) is 2.18. The summed E-state index contributed by atoms with van der Waals surface area (Å²) in [5, 5.41) is 0. The van der Waals surface area contributed by atoms with Gasteiger partial charge < -0.3 is 15.2 Å². The Kier molecular flexibility index (Phi) is 4.15. The Bertz CT molecular complexity index is 422. The predicted molar refractivity (Wildman–Crippen MR) is 66.4 cm³/mol. The van der Waals surface area contributed by atoms with E-state index < -0.39 is 5.97 Å². The lowest BCUT2D eigenvalue weighted by atomic mass is 9.93. The van der Waals surface area contributed by atoms with Gasteiger partial charge in [0.1, 0.15) is 11.9 Å². The molecule has 0 aromatic carbocycles. The molecule has 0 aliphatic heterocycles. The number of methoxy groups -OCH3 is 1. The van der Waals surface area contributed by atoms with Gasteiger partial charge in [0.05, 0.1) is 7.11 Å². The van der Waals surface area contributed by atoms with Gasteiger partial charge in [0.2, 0.25) is 0 Å². The number of esters is 1. The van der Waals surface area contributed by atoms with Gasteiger partial charge in [-0.3, -0.25) is 0 Å². The van der Waals surface area contributed by atoms with Crippen LogP contribution in [0.5, 0.6) is 5.75 Å². The van der Waals surface area contributed by atoms with Gasteiger partial charge in [-0.15, -0.1) is 0 Å². The van der Waals surface area contributed by atoms with Gasteiger partial charge in [-0.25, -0.2) is 9.78 Å². The second kappa shape index (κ2) is 5.82. The Morgan fingerprint density at radius 3 is 3.06 bits per heavy atom. The molecule has 2 N–H and O–H groups in total.